The van der Waals surface area contributed by atoms with Gasteiger partial charge in [-0.3, -0.25) is 4.98 Å². The molecule has 0 fully saturated rings. The maximum absolute atomic E-state index is 9.14. The molecule has 0 aliphatic heterocycles. The molecule has 14 heavy (non-hydrogen) atoms. The van der Waals surface area contributed by atoms with Crippen molar-refractivity contribution in [3.8, 4) is 11.1 Å². The van der Waals surface area contributed by atoms with E-state index in [-0.39, 0.29) is 6.61 Å². The van der Waals surface area contributed by atoms with E-state index in [1.807, 2.05) is 30.3 Å². The molecule has 0 spiro atoms. The number of rotatable bonds is 2. The molecule has 0 aliphatic rings. The Hall–Kier alpha value is -1.67. The van der Waals surface area contributed by atoms with E-state index in [1.54, 1.807) is 12.4 Å². The quantitative estimate of drug-likeness (QED) is 0.774. The lowest BCUT2D eigenvalue weighted by Gasteiger charge is -2.05. The second-order valence-corrected chi connectivity index (χ2v) is 2.96. The van der Waals surface area contributed by atoms with Gasteiger partial charge in [0.1, 0.15) is 0 Å². The normalized spacial score (nSPS) is 10.1. The number of aliphatic hydroxyl groups is 1. The fraction of sp³-hybridized carbons (Fsp3) is 0.0833. The molecule has 1 aromatic heterocycles. The van der Waals surface area contributed by atoms with Gasteiger partial charge in [0.2, 0.25) is 0 Å². The fourth-order valence-corrected chi connectivity index (χ4v) is 1.39. The second kappa shape index (κ2) is 4.03. The number of nitrogens with zero attached hydrogens (tertiary/aromatic N) is 1. The van der Waals surface area contributed by atoms with Crippen molar-refractivity contribution in [2.75, 3.05) is 0 Å². The third kappa shape index (κ3) is 1.65. The summed E-state index contributed by atoms with van der Waals surface area (Å²) >= 11 is 0. The lowest BCUT2D eigenvalue weighted by atomic mass is 10.0. The summed E-state index contributed by atoms with van der Waals surface area (Å²) in [4.78, 5) is 3.95. The molecule has 1 heterocycles. The van der Waals surface area contributed by atoms with Crippen LogP contribution in [0.15, 0.2) is 42.7 Å². The van der Waals surface area contributed by atoms with E-state index < -0.39 is 0 Å². The first kappa shape index (κ1) is 8.91. The molecule has 0 atom stereocenters. The molecule has 0 unspecified atom stereocenters. The molecule has 2 rings (SSSR count). The van der Waals surface area contributed by atoms with Crippen LogP contribution in [-0.4, -0.2) is 10.1 Å². The zero-order valence-corrected chi connectivity index (χ0v) is 7.64. The average molecular weight is 184 g/mol. The van der Waals surface area contributed by atoms with Gasteiger partial charge >= 0.3 is 0 Å². The highest BCUT2D eigenvalue weighted by Crippen LogP contribution is 2.21. The number of aromatic nitrogens is 1. The van der Waals surface area contributed by atoms with Gasteiger partial charge in [0.15, 0.2) is 0 Å². The van der Waals surface area contributed by atoms with Crippen LogP contribution < -0.4 is 0 Å². The second-order valence-electron chi connectivity index (χ2n) is 2.96. The highest BCUT2D eigenvalue weighted by atomic mass is 16.3. The monoisotopic (exact) mass is 184 g/mol. The summed E-state index contributed by atoms with van der Waals surface area (Å²) < 4.78 is 0. The zero-order valence-electron chi connectivity index (χ0n) is 7.64. The number of aliphatic hydroxyl groups excluding tert-OH is 1. The lowest BCUT2D eigenvalue weighted by Crippen LogP contribution is -1.88. The van der Waals surface area contributed by atoms with Gasteiger partial charge in [-0.2, -0.15) is 0 Å². The number of benzene rings is 1. The van der Waals surface area contributed by atoms with Gasteiger partial charge in [-0.25, -0.2) is 0 Å². The predicted octanol–water partition coefficient (Wildman–Crippen LogP) is 2.04. The Morgan fingerprint density at radius 1 is 1.21 bits per heavy atom. The van der Waals surface area contributed by atoms with E-state index in [0.717, 1.165) is 16.7 Å². The molecule has 69 valence electrons. The molecule has 0 saturated heterocycles. The van der Waals surface area contributed by atoms with Crippen molar-refractivity contribution in [1.29, 1.82) is 0 Å². The molecule has 2 heteroatoms. The number of pyridine rings is 1. The van der Waals surface area contributed by atoms with Crippen molar-refractivity contribution in [1.82, 2.24) is 4.98 Å². The molecule has 1 aromatic carbocycles. The smallest absolute Gasteiger partial charge is 0.0688 e. The summed E-state index contributed by atoms with van der Waals surface area (Å²) in [5, 5.41) is 9.14. The van der Waals surface area contributed by atoms with Crippen molar-refractivity contribution < 1.29 is 5.11 Å². The maximum Gasteiger partial charge on any atom is 0.0688 e. The van der Waals surface area contributed by atoms with Crippen molar-refractivity contribution >= 4 is 0 Å². The van der Waals surface area contributed by atoms with Crippen LogP contribution in [0.1, 0.15) is 5.56 Å². The molecule has 0 bridgehead atoms. The van der Waals surface area contributed by atoms with Gasteiger partial charge in [0.25, 0.3) is 0 Å². The van der Waals surface area contributed by atoms with Gasteiger partial charge < -0.3 is 5.11 Å². The SMILES string of the molecule is OCc1ccc[c]c1-c1ccncc1. The van der Waals surface area contributed by atoms with Crippen molar-refractivity contribution in [3.05, 3.63) is 54.4 Å². The van der Waals surface area contributed by atoms with Crippen LogP contribution in [0.4, 0.5) is 0 Å². The van der Waals surface area contributed by atoms with Crippen molar-refractivity contribution in [2.45, 2.75) is 6.61 Å². The minimum atomic E-state index is 0.0367. The summed E-state index contributed by atoms with van der Waals surface area (Å²) in [5.41, 5.74) is 2.86. The summed E-state index contributed by atoms with van der Waals surface area (Å²) in [5.74, 6) is 0. The van der Waals surface area contributed by atoms with Crippen LogP contribution in [-0.2, 0) is 6.61 Å². The van der Waals surface area contributed by atoms with Crippen LogP contribution in [0.5, 0.6) is 0 Å². The summed E-state index contributed by atoms with van der Waals surface area (Å²) in [7, 11) is 0. The Labute approximate surface area is 82.9 Å². The molecule has 0 amide bonds. The highest BCUT2D eigenvalue weighted by Gasteiger charge is 2.02. The summed E-state index contributed by atoms with van der Waals surface area (Å²) in [6, 6.07) is 12.5. The molecule has 2 nitrogen and oxygen atoms in total. The standard InChI is InChI=1S/C12H10NO/c14-9-11-3-1-2-4-12(11)10-5-7-13-8-6-10/h1-3,5-8,14H,9H2. The molecule has 2 aromatic rings. The first-order chi connectivity index (χ1) is 6.92. The molecule has 0 saturated carbocycles. The van der Waals surface area contributed by atoms with Crippen LogP contribution in [0.3, 0.4) is 0 Å². The number of hydrogen-bond donors (Lipinski definition) is 1. The van der Waals surface area contributed by atoms with Gasteiger partial charge in [0, 0.05) is 12.4 Å². The molecule has 0 aliphatic carbocycles. The van der Waals surface area contributed by atoms with E-state index in [1.165, 1.54) is 0 Å². The summed E-state index contributed by atoms with van der Waals surface area (Å²) in [6.07, 6.45) is 3.47. The highest BCUT2D eigenvalue weighted by molar-refractivity contribution is 5.65. The fourth-order valence-electron chi connectivity index (χ4n) is 1.39. The van der Waals surface area contributed by atoms with Gasteiger partial charge in [-0.05, 0) is 34.9 Å². The largest absolute Gasteiger partial charge is 0.392 e. The Bertz CT molecular complexity index is 412. The van der Waals surface area contributed by atoms with Gasteiger partial charge in [0.05, 0.1) is 6.61 Å². The lowest BCUT2D eigenvalue weighted by molar-refractivity contribution is 0.282. The Balaban J connectivity index is 2.51. The van der Waals surface area contributed by atoms with Crippen LogP contribution in [0.2, 0.25) is 0 Å². The van der Waals surface area contributed by atoms with E-state index >= 15 is 0 Å². The van der Waals surface area contributed by atoms with E-state index in [2.05, 4.69) is 11.1 Å². The first-order valence-corrected chi connectivity index (χ1v) is 4.42. The maximum atomic E-state index is 9.14. The average Bonchev–Trinajstić information content (AvgIpc) is 2.30. The Kier molecular flexibility index (Phi) is 2.56. The molecule has 1 N–H and O–H groups in total. The van der Waals surface area contributed by atoms with Crippen molar-refractivity contribution in [3.63, 3.8) is 0 Å². The Morgan fingerprint density at radius 2 is 2.00 bits per heavy atom. The zero-order chi connectivity index (χ0) is 9.80. The van der Waals surface area contributed by atoms with Crippen molar-refractivity contribution in [2.24, 2.45) is 0 Å². The van der Waals surface area contributed by atoms with Crippen LogP contribution in [0, 0.1) is 6.07 Å². The minimum absolute atomic E-state index is 0.0367. The third-order valence-corrected chi connectivity index (χ3v) is 2.08. The molecular weight excluding hydrogens is 174 g/mol. The molecular formula is C12H10NO. The van der Waals surface area contributed by atoms with E-state index in [0.29, 0.717) is 0 Å². The third-order valence-electron chi connectivity index (χ3n) is 2.08. The van der Waals surface area contributed by atoms with Crippen LogP contribution >= 0.6 is 0 Å². The van der Waals surface area contributed by atoms with Gasteiger partial charge in [-0.15, -0.1) is 0 Å². The van der Waals surface area contributed by atoms with E-state index in [9.17, 15) is 0 Å². The topological polar surface area (TPSA) is 33.1 Å². The number of hydrogen-bond acceptors (Lipinski definition) is 2. The first-order valence-electron chi connectivity index (χ1n) is 4.42. The predicted molar refractivity (Wildman–Crippen MR) is 54.4 cm³/mol. The van der Waals surface area contributed by atoms with E-state index in [4.69, 9.17) is 5.11 Å². The molecule has 1 radical (unpaired) electrons. The van der Waals surface area contributed by atoms with Gasteiger partial charge in [-0.1, -0.05) is 18.2 Å². The minimum Gasteiger partial charge on any atom is -0.392 e. The Morgan fingerprint density at radius 3 is 2.71 bits per heavy atom. The summed E-state index contributed by atoms with van der Waals surface area (Å²) in [6.45, 7) is 0.0367. The van der Waals surface area contributed by atoms with Crippen LogP contribution in [0.25, 0.3) is 11.1 Å².